The number of ether oxygens (including phenoxy) is 2. The summed E-state index contributed by atoms with van der Waals surface area (Å²) in [7, 11) is 3.26. The van der Waals surface area contributed by atoms with Crippen molar-refractivity contribution in [3.8, 4) is 5.75 Å². The van der Waals surface area contributed by atoms with Crippen LogP contribution in [0.4, 0.5) is 0 Å². The molecule has 0 aromatic heterocycles. The molecule has 1 N–H and O–H groups in total. The first-order chi connectivity index (χ1) is 12.1. The second kappa shape index (κ2) is 7.44. The molecule has 1 unspecified atom stereocenters. The Bertz CT molecular complexity index is 621. The molecule has 0 aliphatic carbocycles. The van der Waals surface area contributed by atoms with E-state index in [0.29, 0.717) is 32.7 Å². The Morgan fingerprint density at radius 2 is 1.92 bits per heavy atom. The third-order valence-corrected chi connectivity index (χ3v) is 5.63. The number of rotatable bonds is 5. The lowest BCUT2D eigenvalue weighted by Gasteiger charge is -2.41. The Balaban J connectivity index is 1.58. The summed E-state index contributed by atoms with van der Waals surface area (Å²) in [5.74, 6) is 0.912. The summed E-state index contributed by atoms with van der Waals surface area (Å²) in [6, 6.07) is 7.60. The van der Waals surface area contributed by atoms with E-state index in [4.69, 9.17) is 9.47 Å². The number of methoxy groups -OCH3 is 2. The number of nitrogens with one attached hydrogen (secondary N) is 1. The van der Waals surface area contributed by atoms with Gasteiger partial charge in [-0.1, -0.05) is 12.1 Å². The van der Waals surface area contributed by atoms with Crippen molar-refractivity contribution in [2.75, 3.05) is 40.5 Å². The third kappa shape index (κ3) is 3.63. The van der Waals surface area contributed by atoms with Crippen LogP contribution in [-0.2, 0) is 20.7 Å². The average Bonchev–Trinajstić information content (AvgIpc) is 2.93. The highest BCUT2D eigenvalue weighted by Crippen LogP contribution is 2.42. The maximum absolute atomic E-state index is 12.6. The Kier molecular flexibility index (Phi) is 5.27. The van der Waals surface area contributed by atoms with Crippen LogP contribution in [0, 0.1) is 11.3 Å². The summed E-state index contributed by atoms with van der Waals surface area (Å²) < 4.78 is 10.4. The van der Waals surface area contributed by atoms with Crippen LogP contribution < -0.4 is 10.1 Å². The Hall–Kier alpha value is -2.08. The van der Waals surface area contributed by atoms with Gasteiger partial charge in [-0.25, -0.2) is 0 Å². The highest BCUT2D eigenvalue weighted by atomic mass is 16.5. The molecule has 0 bridgehead atoms. The monoisotopic (exact) mass is 346 g/mol. The smallest absolute Gasteiger partial charge is 0.226 e. The molecule has 1 aromatic carbocycles. The predicted octanol–water partition coefficient (Wildman–Crippen LogP) is 1.24. The quantitative estimate of drug-likeness (QED) is 0.871. The maximum atomic E-state index is 12.6. The second-order valence-electron chi connectivity index (χ2n) is 6.99. The number of nitrogens with zero attached hydrogens (tertiary/aromatic N) is 1. The molecule has 2 aliphatic heterocycles. The lowest BCUT2D eigenvalue weighted by molar-refractivity contribution is -0.134. The number of piperidine rings is 1. The van der Waals surface area contributed by atoms with Gasteiger partial charge in [-0.05, 0) is 30.5 Å². The van der Waals surface area contributed by atoms with Gasteiger partial charge in [-0.2, -0.15) is 0 Å². The Morgan fingerprint density at radius 1 is 1.24 bits per heavy atom. The van der Waals surface area contributed by atoms with E-state index in [1.165, 1.54) is 0 Å². The number of benzene rings is 1. The molecule has 3 rings (SSSR count). The normalized spacial score (nSPS) is 22.1. The molecule has 136 valence electrons. The van der Waals surface area contributed by atoms with E-state index in [0.717, 1.165) is 24.2 Å². The molecule has 2 aliphatic rings. The van der Waals surface area contributed by atoms with Crippen molar-refractivity contribution in [3.05, 3.63) is 29.8 Å². The summed E-state index contributed by atoms with van der Waals surface area (Å²) >= 11 is 0. The minimum absolute atomic E-state index is 0.0655. The molecule has 2 heterocycles. The Labute approximate surface area is 148 Å². The largest absolute Gasteiger partial charge is 0.497 e. The van der Waals surface area contributed by atoms with Gasteiger partial charge in [0.1, 0.15) is 5.75 Å². The minimum atomic E-state index is -0.101. The molecule has 25 heavy (non-hydrogen) atoms. The molecule has 2 amide bonds. The summed E-state index contributed by atoms with van der Waals surface area (Å²) in [4.78, 5) is 26.6. The number of likely N-dealkylation sites (tertiary alicyclic amines) is 1. The van der Waals surface area contributed by atoms with Crippen molar-refractivity contribution >= 4 is 11.8 Å². The molecule has 2 fully saturated rings. The number of carbonyl (C=O) groups excluding carboxylic acids is 2. The zero-order valence-electron chi connectivity index (χ0n) is 14.9. The number of carbonyl (C=O) groups is 2. The van der Waals surface area contributed by atoms with Crippen LogP contribution >= 0.6 is 0 Å². The molecule has 0 saturated carbocycles. The second-order valence-corrected chi connectivity index (χ2v) is 6.99. The average molecular weight is 346 g/mol. The van der Waals surface area contributed by atoms with E-state index in [1.807, 2.05) is 29.2 Å². The highest BCUT2D eigenvalue weighted by molar-refractivity contribution is 5.82. The van der Waals surface area contributed by atoms with Gasteiger partial charge in [0.15, 0.2) is 0 Å². The molecule has 6 heteroatoms. The van der Waals surface area contributed by atoms with Crippen LogP contribution in [0.25, 0.3) is 0 Å². The van der Waals surface area contributed by atoms with Crippen molar-refractivity contribution < 1.29 is 19.1 Å². The van der Waals surface area contributed by atoms with Crippen molar-refractivity contribution in [1.29, 1.82) is 0 Å². The van der Waals surface area contributed by atoms with Crippen LogP contribution in [0.2, 0.25) is 0 Å². The zero-order valence-corrected chi connectivity index (χ0v) is 14.9. The van der Waals surface area contributed by atoms with Crippen LogP contribution in [0.3, 0.4) is 0 Å². The third-order valence-electron chi connectivity index (χ3n) is 5.63. The summed E-state index contributed by atoms with van der Waals surface area (Å²) in [6.07, 6.45) is 2.08. The lowest BCUT2D eigenvalue weighted by atomic mass is 9.71. The van der Waals surface area contributed by atoms with Gasteiger partial charge in [-0.15, -0.1) is 0 Å². The van der Waals surface area contributed by atoms with E-state index in [9.17, 15) is 9.59 Å². The molecule has 2 saturated heterocycles. The summed E-state index contributed by atoms with van der Waals surface area (Å²) in [5.41, 5.74) is 0.922. The van der Waals surface area contributed by atoms with Gasteiger partial charge < -0.3 is 19.7 Å². The van der Waals surface area contributed by atoms with Gasteiger partial charge in [0.25, 0.3) is 0 Å². The predicted molar refractivity (Wildman–Crippen MR) is 93.3 cm³/mol. The van der Waals surface area contributed by atoms with E-state index in [2.05, 4.69) is 5.32 Å². The topological polar surface area (TPSA) is 67.9 Å². The minimum Gasteiger partial charge on any atom is -0.497 e. The zero-order chi connectivity index (χ0) is 17.9. The van der Waals surface area contributed by atoms with Gasteiger partial charge in [0.2, 0.25) is 11.8 Å². The fourth-order valence-corrected chi connectivity index (χ4v) is 3.96. The van der Waals surface area contributed by atoms with Crippen molar-refractivity contribution in [2.45, 2.75) is 19.3 Å². The van der Waals surface area contributed by atoms with Crippen LogP contribution in [0.5, 0.6) is 5.75 Å². The Morgan fingerprint density at radius 3 is 2.52 bits per heavy atom. The molecule has 1 spiro atoms. The molecule has 6 nitrogen and oxygen atoms in total. The van der Waals surface area contributed by atoms with Gasteiger partial charge in [0.05, 0.1) is 26.1 Å². The molecular formula is C19H26N2O4. The van der Waals surface area contributed by atoms with E-state index in [1.54, 1.807) is 14.2 Å². The number of amides is 2. The molecular weight excluding hydrogens is 320 g/mol. The van der Waals surface area contributed by atoms with Gasteiger partial charge in [0, 0.05) is 32.2 Å². The highest BCUT2D eigenvalue weighted by Gasteiger charge is 2.49. The maximum Gasteiger partial charge on any atom is 0.226 e. The molecule has 1 atom stereocenters. The van der Waals surface area contributed by atoms with E-state index in [-0.39, 0.29) is 23.1 Å². The first kappa shape index (κ1) is 17.7. The molecule has 0 radical (unpaired) electrons. The van der Waals surface area contributed by atoms with Crippen LogP contribution in [-0.4, -0.2) is 57.2 Å². The first-order valence-electron chi connectivity index (χ1n) is 8.75. The molecule has 1 aromatic rings. The first-order valence-corrected chi connectivity index (χ1v) is 8.75. The summed E-state index contributed by atoms with van der Waals surface area (Å²) in [6.45, 7) is 2.54. The number of hydrogen-bond acceptors (Lipinski definition) is 4. The van der Waals surface area contributed by atoms with Crippen molar-refractivity contribution in [3.63, 3.8) is 0 Å². The van der Waals surface area contributed by atoms with E-state index < -0.39 is 0 Å². The fourth-order valence-electron chi connectivity index (χ4n) is 3.96. The van der Waals surface area contributed by atoms with Crippen LogP contribution in [0.15, 0.2) is 24.3 Å². The standard InChI is InChI=1S/C19H26N2O4/c1-24-12-16-18(23)20-13-19(16)7-9-21(10-8-19)17(22)11-14-3-5-15(25-2)6-4-14/h3-6,16H,7-13H2,1-2H3,(H,20,23). The number of hydrogen-bond donors (Lipinski definition) is 1. The van der Waals surface area contributed by atoms with Gasteiger partial charge in [-0.3, -0.25) is 9.59 Å². The fraction of sp³-hybridized carbons (Fsp3) is 0.579. The van der Waals surface area contributed by atoms with E-state index >= 15 is 0 Å². The van der Waals surface area contributed by atoms with Crippen LogP contribution in [0.1, 0.15) is 18.4 Å². The SMILES string of the molecule is COCC1C(=O)NCC12CCN(C(=O)Cc1ccc(OC)cc1)CC2. The lowest BCUT2D eigenvalue weighted by Crippen LogP contribution is -2.47. The summed E-state index contributed by atoms with van der Waals surface area (Å²) in [5, 5.41) is 2.98. The van der Waals surface area contributed by atoms with Crippen molar-refractivity contribution in [1.82, 2.24) is 10.2 Å². The van der Waals surface area contributed by atoms with Crippen molar-refractivity contribution in [2.24, 2.45) is 11.3 Å². The van der Waals surface area contributed by atoms with Gasteiger partial charge >= 0.3 is 0 Å².